The summed E-state index contributed by atoms with van der Waals surface area (Å²) in [5, 5.41) is 4.60. The molecular formula is C12H15ClN4O. The van der Waals surface area contributed by atoms with Gasteiger partial charge in [0.25, 0.3) is 0 Å². The Morgan fingerprint density at radius 3 is 2.61 bits per heavy atom. The average molecular weight is 267 g/mol. The predicted molar refractivity (Wildman–Crippen MR) is 68.8 cm³/mol. The van der Waals surface area contributed by atoms with Gasteiger partial charge in [-0.25, -0.2) is 0 Å². The highest BCUT2D eigenvalue weighted by Gasteiger charge is 2.08. The van der Waals surface area contributed by atoms with Gasteiger partial charge in [-0.15, -0.1) is 0 Å². The molecule has 96 valence electrons. The molecule has 0 amide bonds. The van der Waals surface area contributed by atoms with Crippen LogP contribution in [0.25, 0.3) is 0 Å². The highest BCUT2D eigenvalue weighted by Crippen LogP contribution is 2.11. The third-order valence-corrected chi connectivity index (χ3v) is 2.71. The van der Waals surface area contributed by atoms with Crippen molar-refractivity contribution in [1.29, 1.82) is 0 Å². The van der Waals surface area contributed by atoms with Crippen molar-refractivity contribution in [3.8, 4) is 0 Å². The molecule has 0 aliphatic heterocycles. The second-order valence-electron chi connectivity index (χ2n) is 4.11. The van der Waals surface area contributed by atoms with Gasteiger partial charge in [-0.3, -0.25) is 4.90 Å². The van der Waals surface area contributed by atoms with Gasteiger partial charge in [0.15, 0.2) is 5.82 Å². The van der Waals surface area contributed by atoms with Crippen LogP contribution in [0.4, 0.5) is 0 Å². The Hall–Kier alpha value is -1.43. The van der Waals surface area contributed by atoms with E-state index < -0.39 is 0 Å². The number of benzene rings is 1. The Labute approximate surface area is 111 Å². The van der Waals surface area contributed by atoms with Gasteiger partial charge in [-0.2, -0.15) is 4.98 Å². The molecule has 0 bridgehead atoms. The maximum atomic E-state index is 5.84. The fourth-order valence-corrected chi connectivity index (χ4v) is 1.76. The summed E-state index contributed by atoms with van der Waals surface area (Å²) in [6.45, 7) is 1.68. The van der Waals surface area contributed by atoms with Gasteiger partial charge in [-0.1, -0.05) is 28.9 Å². The molecule has 2 rings (SSSR count). The van der Waals surface area contributed by atoms with Crippen molar-refractivity contribution in [2.45, 2.75) is 19.6 Å². The molecule has 0 aliphatic rings. The molecular weight excluding hydrogens is 252 g/mol. The molecule has 0 aliphatic carbocycles. The number of nitrogens with zero attached hydrogens (tertiary/aromatic N) is 3. The van der Waals surface area contributed by atoms with Crippen molar-refractivity contribution < 1.29 is 4.52 Å². The summed E-state index contributed by atoms with van der Waals surface area (Å²) in [4.78, 5) is 6.25. The normalized spacial score (nSPS) is 11.1. The maximum Gasteiger partial charge on any atom is 0.240 e. The summed E-state index contributed by atoms with van der Waals surface area (Å²) in [5.74, 6) is 1.11. The zero-order valence-corrected chi connectivity index (χ0v) is 10.9. The highest BCUT2D eigenvalue weighted by atomic mass is 35.5. The van der Waals surface area contributed by atoms with E-state index in [4.69, 9.17) is 21.9 Å². The summed E-state index contributed by atoms with van der Waals surface area (Å²) in [6, 6.07) is 7.76. The number of hydrogen-bond donors (Lipinski definition) is 1. The van der Waals surface area contributed by atoms with E-state index in [-0.39, 0.29) is 6.54 Å². The zero-order valence-electron chi connectivity index (χ0n) is 10.1. The van der Waals surface area contributed by atoms with Crippen molar-refractivity contribution in [2.24, 2.45) is 5.73 Å². The van der Waals surface area contributed by atoms with Gasteiger partial charge in [0.05, 0.1) is 13.1 Å². The van der Waals surface area contributed by atoms with E-state index in [0.717, 1.165) is 11.6 Å². The smallest absolute Gasteiger partial charge is 0.240 e. The van der Waals surface area contributed by atoms with Crippen LogP contribution < -0.4 is 5.73 Å². The van der Waals surface area contributed by atoms with Gasteiger partial charge < -0.3 is 10.3 Å². The first kappa shape index (κ1) is 13.0. The Morgan fingerprint density at radius 1 is 1.28 bits per heavy atom. The average Bonchev–Trinajstić information content (AvgIpc) is 2.79. The van der Waals surface area contributed by atoms with Crippen LogP contribution in [-0.2, 0) is 19.6 Å². The monoisotopic (exact) mass is 266 g/mol. The molecule has 1 heterocycles. The summed E-state index contributed by atoms with van der Waals surface area (Å²) in [6.07, 6.45) is 0. The summed E-state index contributed by atoms with van der Waals surface area (Å²) in [5.41, 5.74) is 6.59. The number of nitrogens with two attached hydrogens (primary N) is 1. The number of hydrogen-bond acceptors (Lipinski definition) is 5. The largest absolute Gasteiger partial charge is 0.338 e. The van der Waals surface area contributed by atoms with E-state index in [1.54, 1.807) is 0 Å². The second-order valence-corrected chi connectivity index (χ2v) is 4.54. The van der Waals surface area contributed by atoms with Crippen LogP contribution in [0.15, 0.2) is 28.8 Å². The van der Waals surface area contributed by atoms with Crippen molar-refractivity contribution in [1.82, 2.24) is 15.0 Å². The van der Waals surface area contributed by atoms with Gasteiger partial charge >= 0.3 is 0 Å². The molecule has 0 saturated carbocycles. The van der Waals surface area contributed by atoms with E-state index in [9.17, 15) is 0 Å². The second kappa shape index (κ2) is 5.95. The topological polar surface area (TPSA) is 68.2 Å². The van der Waals surface area contributed by atoms with Crippen molar-refractivity contribution in [3.05, 3.63) is 46.6 Å². The quantitative estimate of drug-likeness (QED) is 0.894. The minimum atomic E-state index is 0.272. The predicted octanol–water partition coefficient (Wildman–Crippen LogP) is 1.81. The standard InChI is InChI=1S/C12H15ClN4O/c1-17(7-9-2-4-10(13)5-3-9)8-11-15-12(6-14)18-16-11/h2-5H,6-8,14H2,1H3. The Balaban J connectivity index is 1.91. The molecule has 6 heteroatoms. The maximum absolute atomic E-state index is 5.84. The minimum absolute atomic E-state index is 0.272. The first-order valence-corrected chi connectivity index (χ1v) is 5.99. The van der Waals surface area contributed by atoms with Crippen molar-refractivity contribution in [3.63, 3.8) is 0 Å². The van der Waals surface area contributed by atoms with Gasteiger partial charge in [0.2, 0.25) is 5.89 Å². The van der Waals surface area contributed by atoms with Crippen LogP contribution in [-0.4, -0.2) is 22.1 Å². The molecule has 5 nitrogen and oxygen atoms in total. The Morgan fingerprint density at radius 2 is 2.00 bits per heavy atom. The lowest BCUT2D eigenvalue weighted by atomic mass is 10.2. The molecule has 0 atom stereocenters. The molecule has 0 fully saturated rings. The van der Waals surface area contributed by atoms with Gasteiger partial charge in [-0.05, 0) is 24.7 Å². The lowest BCUT2D eigenvalue weighted by molar-refractivity contribution is 0.300. The van der Waals surface area contributed by atoms with Gasteiger partial charge in [0, 0.05) is 11.6 Å². The Bertz CT molecular complexity index is 497. The van der Waals surface area contributed by atoms with E-state index in [0.29, 0.717) is 18.3 Å². The van der Waals surface area contributed by atoms with E-state index in [1.165, 1.54) is 5.56 Å². The first-order valence-electron chi connectivity index (χ1n) is 5.62. The summed E-state index contributed by atoms with van der Waals surface area (Å²) < 4.78 is 4.95. The van der Waals surface area contributed by atoms with Crippen LogP contribution in [0.1, 0.15) is 17.3 Å². The molecule has 1 aromatic carbocycles. The van der Waals surface area contributed by atoms with E-state index >= 15 is 0 Å². The van der Waals surface area contributed by atoms with Crippen molar-refractivity contribution >= 4 is 11.6 Å². The number of aromatic nitrogens is 2. The lowest BCUT2D eigenvalue weighted by Gasteiger charge is -2.14. The SMILES string of the molecule is CN(Cc1ccc(Cl)cc1)Cc1noc(CN)n1. The summed E-state index contributed by atoms with van der Waals surface area (Å²) >= 11 is 5.84. The van der Waals surface area contributed by atoms with Gasteiger partial charge in [0.1, 0.15) is 0 Å². The van der Waals surface area contributed by atoms with Crippen LogP contribution in [0.2, 0.25) is 5.02 Å². The molecule has 0 saturated heterocycles. The molecule has 0 spiro atoms. The number of rotatable bonds is 5. The zero-order chi connectivity index (χ0) is 13.0. The number of halogens is 1. The van der Waals surface area contributed by atoms with E-state index in [2.05, 4.69) is 15.0 Å². The molecule has 2 aromatic rings. The van der Waals surface area contributed by atoms with Crippen LogP contribution in [0, 0.1) is 0 Å². The molecule has 2 N–H and O–H groups in total. The van der Waals surface area contributed by atoms with E-state index in [1.807, 2.05) is 31.3 Å². The third kappa shape index (κ3) is 3.53. The minimum Gasteiger partial charge on any atom is -0.338 e. The van der Waals surface area contributed by atoms with Crippen LogP contribution in [0.3, 0.4) is 0 Å². The fraction of sp³-hybridized carbons (Fsp3) is 0.333. The Kier molecular flexibility index (Phi) is 4.30. The molecule has 0 unspecified atom stereocenters. The van der Waals surface area contributed by atoms with Crippen molar-refractivity contribution in [2.75, 3.05) is 7.05 Å². The molecule has 18 heavy (non-hydrogen) atoms. The lowest BCUT2D eigenvalue weighted by Crippen LogP contribution is -2.18. The van der Waals surface area contributed by atoms with Crippen LogP contribution >= 0.6 is 11.6 Å². The molecule has 1 aromatic heterocycles. The summed E-state index contributed by atoms with van der Waals surface area (Å²) in [7, 11) is 1.99. The van der Waals surface area contributed by atoms with Crippen LogP contribution in [0.5, 0.6) is 0 Å². The highest BCUT2D eigenvalue weighted by molar-refractivity contribution is 6.30. The third-order valence-electron chi connectivity index (χ3n) is 2.46. The first-order chi connectivity index (χ1) is 8.67. The fourth-order valence-electron chi connectivity index (χ4n) is 1.64. The molecule has 0 radical (unpaired) electrons.